The van der Waals surface area contributed by atoms with E-state index in [9.17, 15) is 15.0 Å². The fourth-order valence-electron chi connectivity index (χ4n) is 7.90. The number of carbonyl (C=O) groups is 1. The highest BCUT2D eigenvalue weighted by molar-refractivity contribution is 5.77. The molecule has 3 N–H and O–H groups in total. The first-order chi connectivity index (χ1) is 29.2. The Morgan fingerprint density at radius 2 is 0.678 bits per heavy atom. The van der Waals surface area contributed by atoms with Gasteiger partial charge in [0.15, 0.2) is 0 Å². The normalized spacial score (nSPS) is 13.4. The van der Waals surface area contributed by atoms with Crippen molar-refractivity contribution >= 4 is 5.91 Å². The number of unbranched alkanes of at least 4 members (excludes halogenated alkanes) is 31. The first-order valence-electron chi connectivity index (χ1n) is 26.0. The van der Waals surface area contributed by atoms with E-state index < -0.39 is 12.1 Å². The summed E-state index contributed by atoms with van der Waals surface area (Å²) >= 11 is 0. The molecule has 0 heterocycles. The number of carbonyl (C=O) groups excluding carboxylic acids is 1. The van der Waals surface area contributed by atoms with Crippen LogP contribution in [0.5, 0.6) is 0 Å². The van der Waals surface area contributed by atoms with Crippen molar-refractivity contribution in [2.75, 3.05) is 6.61 Å². The smallest absolute Gasteiger partial charge is 0.224 e. The van der Waals surface area contributed by atoms with Gasteiger partial charge in [-0.1, -0.05) is 280 Å². The minimum Gasteiger partial charge on any atom is -0.394 e. The quantitative estimate of drug-likeness (QED) is 0.0423. The van der Waals surface area contributed by atoms with Gasteiger partial charge in [0, 0.05) is 6.42 Å². The van der Waals surface area contributed by atoms with Crippen molar-refractivity contribution in [1.82, 2.24) is 5.32 Å². The molecule has 1 amide bonds. The van der Waals surface area contributed by atoms with E-state index in [-0.39, 0.29) is 18.9 Å². The maximum Gasteiger partial charge on any atom is 0.224 e. The summed E-state index contributed by atoms with van der Waals surface area (Å²) < 4.78 is 0. The Hall–Kier alpha value is -1.91. The second-order valence-corrected chi connectivity index (χ2v) is 17.6. The molecular formula is C55H101NO3. The fourth-order valence-corrected chi connectivity index (χ4v) is 7.90. The molecule has 0 radical (unpaired) electrons. The third kappa shape index (κ3) is 47.0. The van der Waals surface area contributed by atoms with E-state index in [0.29, 0.717) is 6.42 Å². The van der Waals surface area contributed by atoms with Gasteiger partial charge < -0.3 is 15.5 Å². The van der Waals surface area contributed by atoms with Crippen molar-refractivity contribution in [3.8, 4) is 0 Å². The van der Waals surface area contributed by atoms with Crippen molar-refractivity contribution in [3.63, 3.8) is 0 Å². The second kappa shape index (κ2) is 50.4. The molecule has 2 atom stereocenters. The minimum atomic E-state index is -0.703. The Morgan fingerprint density at radius 1 is 0.407 bits per heavy atom. The summed E-state index contributed by atoms with van der Waals surface area (Å²) in [6, 6.07) is -0.594. The van der Waals surface area contributed by atoms with E-state index in [1.165, 1.54) is 193 Å². The summed E-state index contributed by atoms with van der Waals surface area (Å²) in [6.07, 6.45) is 70.9. The van der Waals surface area contributed by atoms with Gasteiger partial charge >= 0.3 is 0 Å². The standard InChI is InChI=1S/C55H101NO3/c1-3-5-7-9-11-13-15-17-19-20-21-22-23-24-25-26-27-28-29-30-31-32-33-34-35-37-38-40-42-44-46-48-50-54(58)53(52-57)56-55(59)51-49-47-45-43-41-39-36-18-16-14-12-10-8-6-4-2/h6,8,12,14,18,36,41,43,47,49,53-54,57-58H,3-5,7,9-11,13,15-17,19-35,37-40,42,44-46,48,50-52H2,1-2H3,(H,56,59)/b8-6-,14-12-,36-18-,43-41-,49-47-. The van der Waals surface area contributed by atoms with Crippen LogP contribution in [-0.2, 0) is 4.79 Å². The van der Waals surface area contributed by atoms with Crippen LogP contribution in [0.15, 0.2) is 60.8 Å². The lowest BCUT2D eigenvalue weighted by Crippen LogP contribution is -2.45. The number of amides is 1. The SMILES string of the molecule is CC/C=C\C/C=C\C/C=C\C/C=C\C/C=C\CC(=O)NC(CO)C(O)CCCCCCCCCCCCCCCCCCCCCCCCCCCCCCCCCC. The highest BCUT2D eigenvalue weighted by Crippen LogP contribution is 2.17. The zero-order valence-electron chi connectivity index (χ0n) is 39.5. The molecule has 344 valence electrons. The van der Waals surface area contributed by atoms with Crippen LogP contribution in [0, 0.1) is 0 Å². The Bertz CT molecular complexity index is 981. The number of hydrogen-bond donors (Lipinski definition) is 3. The number of aliphatic hydroxyl groups is 2. The van der Waals surface area contributed by atoms with Crippen LogP contribution in [-0.4, -0.2) is 34.9 Å². The molecule has 0 aromatic carbocycles. The second-order valence-electron chi connectivity index (χ2n) is 17.6. The maximum absolute atomic E-state index is 12.3. The molecule has 0 aliphatic heterocycles. The molecule has 2 unspecified atom stereocenters. The van der Waals surface area contributed by atoms with E-state index >= 15 is 0 Å². The molecule has 0 bridgehead atoms. The van der Waals surface area contributed by atoms with Crippen LogP contribution < -0.4 is 5.32 Å². The van der Waals surface area contributed by atoms with Crippen LogP contribution in [0.1, 0.15) is 264 Å². The number of allylic oxidation sites excluding steroid dienone is 9. The Kier molecular flexibility index (Phi) is 48.8. The molecule has 0 aromatic heterocycles. The molecule has 0 spiro atoms. The summed E-state index contributed by atoms with van der Waals surface area (Å²) in [5.74, 6) is -0.157. The van der Waals surface area contributed by atoms with Crippen molar-refractivity contribution < 1.29 is 15.0 Å². The zero-order chi connectivity index (χ0) is 42.8. The summed E-state index contributed by atoms with van der Waals surface area (Å²) in [5, 5.41) is 23.1. The molecule has 0 aliphatic carbocycles. The van der Waals surface area contributed by atoms with Gasteiger partial charge in [0.05, 0.1) is 18.8 Å². The van der Waals surface area contributed by atoms with Gasteiger partial charge in [-0.05, 0) is 38.5 Å². The van der Waals surface area contributed by atoms with Gasteiger partial charge in [0.2, 0.25) is 5.91 Å². The highest BCUT2D eigenvalue weighted by atomic mass is 16.3. The minimum absolute atomic E-state index is 0.157. The van der Waals surface area contributed by atoms with E-state index in [2.05, 4.69) is 67.8 Å². The summed E-state index contributed by atoms with van der Waals surface area (Å²) in [5.41, 5.74) is 0. The maximum atomic E-state index is 12.3. The predicted octanol–water partition coefficient (Wildman–Crippen LogP) is 16.9. The average molecular weight is 824 g/mol. The van der Waals surface area contributed by atoms with Gasteiger partial charge in [0.1, 0.15) is 0 Å². The number of hydrogen-bond acceptors (Lipinski definition) is 3. The van der Waals surface area contributed by atoms with E-state index in [1.807, 2.05) is 12.2 Å². The Morgan fingerprint density at radius 3 is 0.966 bits per heavy atom. The summed E-state index contributed by atoms with van der Waals surface area (Å²) in [4.78, 5) is 12.3. The first-order valence-corrected chi connectivity index (χ1v) is 26.0. The molecule has 0 rings (SSSR count). The molecular weight excluding hydrogens is 723 g/mol. The molecule has 0 aliphatic rings. The zero-order valence-corrected chi connectivity index (χ0v) is 39.5. The highest BCUT2D eigenvalue weighted by Gasteiger charge is 2.19. The lowest BCUT2D eigenvalue weighted by atomic mass is 10.0. The third-order valence-electron chi connectivity index (χ3n) is 11.8. The molecule has 0 fully saturated rings. The third-order valence-corrected chi connectivity index (χ3v) is 11.8. The van der Waals surface area contributed by atoms with E-state index in [0.717, 1.165) is 44.9 Å². The number of aliphatic hydroxyl groups excluding tert-OH is 2. The largest absolute Gasteiger partial charge is 0.394 e. The van der Waals surface area contributed by atoms with Crippen LogP contribution in [0.3, 0.4) is 0 Å². The predicted molar refractivity (Wildman–Crippen MR) is 262 cm³/mol. The lowest BCUT2D eigenvalue weighted by molar-refractivity contribution is -0.122. The van der Waals surface area contributed by atoms with Crippen LogP contribution in [0.2, 0.25) is 0 Å². The summed E-state index contributed by atoms with van der Waals surface area (Å²) in [7, 11) is 0. The van der Waals surface area contributed by atoms with Crippen molar-refractivity contribution in [2.45, 2.75) is 276 Å². The Labute approximate surface area is 368 Å². The van der Waals surface area contributed by atoms with Crippen LogP contribution in [0.25, 0.3) is 0 Å². The van der Waals surface area contributed by atoms with Crippen LogP contribution >= 0.6 is 0 Å². The van der Waals surface area contributed by atoms with Gasteiger partial charge in [0.25, 0.3) is 0 Å². The average Bonchev–Trinajstić information content (AvgIpc) is 3.24. The van der Waals surface area contributed by atoms with Crippen molar-refractivity contribution in [1.29, 1.82) is 0 Å². The molecule has 0 aromatic rings. The molecule has 59 heavy (non-hydrogen) atoms. The van der Waals surface area contributed by atoms with Gasteiger partial charge in [-0.2, -0.15) is 0 Å². The molecule has 0 saturated carbocycles. The van der Waals surface area contributed by atoms with Crippen LogP contribution in [0.4, 0.5) is 0 Å². The topological polar surface area (TPSA) is 69.6 Å². The van der Waals surface area contributed by atoms with Gasteiger partial charge in [-0.15, -0.1) is 0 Å². The summed E-state index contributed by atoms with van der Waals surface area (Å²) in [6.45, 7) is 4.21. The van der Waals surface area contributed by atoms with Gasteiger partial charge in [-0.25, -0.2) is 0 Å². The van der Waals surface area contributed by atoms with Crippen molar-refractivity contribution in [2.24, 2.45) is 0 Å². The molecule has 0 saturated heterocycles. The number of nitrogens with one attached hydrogen (secondary N) is 1. The monoisotopic (exact) mass is 824 g/mol. The fraction of sp³-hybridized carbons (Fsp3) is 0.800. The van der Waals surface area contributed by atoms with E-state index in [1.54, 1.807) is 0 Å². The van der Waals surface area contributed by atoms with Crippen molar-refractivity contribution in [3.05, 3.63) is 60.8 Å². The number of rotatable bonds is 47. The lowest BCUT2D eigenvalue weighted by Gasteiger charge is -2.22. The van der Waals surface area contributed by atoms with Gasteiger partial charge in [-0.3, -0.25) is 4.79 Å². The van der Waals surface area contributed by atoms with E-state index in [4.69, 9.17) is 0 Å². The molecule has 4 nitrogen and oxygen atoms in total. The first kappa shape index (κ1) is 57.1. The molecule has 4 heteroatoms. The Balaban J connectivity index is 3.47.